The van der Waals surface area contributed by atoms with E-state index in [2.05, 4.69) is 46.1 Å². The summed E-state index contributed by atoms with van der Waals surface area (Å²) in [5.74, 6) is 1.72. The first-order valence-corrected chi connectivity index (χ1v) is 6.77. The van der Waals surface area contributed by atoms with Crippen molar-refractivity contribution >= 4 is 27.3 Å². The molecule has 1 aliphatic heterocycles. The molecule has 1 fully saturated rings. The van der Waals surface area contributed by atoms with E-state index in [4.69, 9.17) is 0 Å². The molecule has 0 saturated carbocycles. The largest absolute Gasteiger partial charge is 0.298 e. The van der Waals surface area contributed by atoms with Crippen LogP contribution < -0.4 is 0 Å². The minimum atomic E-state index is 0.860. The van der Waals surface area contributed by atoms with Crippen LogP contribution in [0.3, 0.4) is 0 Å². The zero-order valence-corrected chi connectivity index (χ0v) is 11.1. The van der Waals surface area contributed by atoms with Crippen molar-refractivity contribution in [3.8, 4) is 0 Å². The second-order valence-corrected chi connectivity index (χ2v) is 6.29. The second-order valence-electron chi connectivity index (χ2n) is 4.38. The average Bonchev–Trinajstić information content (AvgIpc) is 2.62. The Balaban J connectivity index is 1.93. The van der Waals surface area contributed by atoms with Crippen molar-refractivity contribution in [2.24, 2.45) is 11.8 Å². The number of rotatable bonds is 2. The van der Waals surface area contributed by atoms with Crippen molar-refractivity contribution < 1.29 is 0 Å². The summed E-state index contributed by atoms with van der Waals surface area (Å²) >= 11 is 5.35. The molecule has 1 aromatic heterocycles. The summed E-state index contributed by atoms with van der Waals surface area (Å²) in [4.78, 5) is 4.03. The predicted octanol–water partition coefficient (Wildman–Crippen LogP) is 3.60. The highest BCUT2D eigenvalue weighted by molar-refractivity contribution is 9.10. The molecule has 0 spiro atoms. The van der Waals surface area contributed by atoms with Crippen molar-refractivity contribution in [1.82, 2.24) is 4.90 Å². The van der Waals surface area contributed by atoms with Gasteiger partial charge in [-0.2, -0.15) is 0 Å². The Bertz CT molecular complexity index is 300. The van der Waals surface area contributed by atoms with Crippen molar-refractivity contribution in [1.29, 1.82) is 0 Å². The van der Waals surface area contributed by atoms with Gasteiger partial charge in [0.1, 0.15) is 0 Å². The molecule has 1 saturated heterocycles. The summed E-state index contributed by atoms with van der Waals surface area (Å²) in [7, 11) is 0. The predicted molar refractivity (Wildman–Crippen MR) is 65.6 cm³/mol. The smallest absolute Gasteiger partial charge is 0.0328 e. The van der Waals surface area contributed by atoms with Crippen LogP contribution >= 0.6 is 27.3 Å². The highest BCUT2D eigenvalue weighted by atomic mass is 79.9. The van der Waals surface area contributed by atoms with E-state index in [0.717, 1.165) is 18.4 Å². The van der Waals surface area contributed by atoms with E-state index in [0.29, 0.717) is 0 Å². The van der Waals surface area contributed by atoms with Gasteiger partial charge in [0.05, 0.1) is 0 Å². The zero-order chi connectivity index (χ0) is 10.1. The van der Waals surface area contributed by atoms with Crippen molar-refractivity contribution in [3.63, 3.8) is 0 Å². The summed E-state index contributed by atoms with van der Waals surface area (Å²) in [6.45, 7) is 8.36. The van der Waals surface area contributed by atoms with Crippen LogP contribution in [0.25, 0.3) is 0 Å². The lowest BCUT2D eigenvalue weighted by molar-refractivity contribution is 0.319. The van der Waals surface area contributed by atoms with E-state index >= 15 is 0 Å². The van der Waals surface area contributed by atoms with Crippen LogP contribution in [0.4, 0.5) is 0 Å². The summed E-state index contributed by atoms with van der Waals surface area (Å²) < 4.78 is 1.22. The quantitative estimate of drug-likeness (QED) is 0.796. The maximum absolute atomic E-state index is 3.50. The van der Waals surface area contributed by atoms with Crippen LogP contribution in [-0.2, 0) is 6.54 Å². The van der Waals surface area contributed by atoms with Crippen LogP contribution in [0.15, 0.2) is 15.9 Å². The summed E-state index contributed by atoms with van der Waals surface area (Å²) in [6, 6.07) is 2.23. The van der Waals surface area contributed by atoms with Crippen molar-refractivity contribution in [3.05, 3.63) is 20.8 Å². The van der Waals surface area contributed by atoms with Gasteiger partial charge in [-0.3, -0.25) is 4.90 Å². The third-order valence-corrected chi connectivity index (χ3v) is 4.75. The van der Waals surface area contributed by atoms with Crippen LogP contribution in [0.2, 0.25) is 0 Å². The average molecular weight is 274 g/mol. The molecule has 3 heteroatoms. The Kier molecular flexibility index (Phi) is 3.30. The topological polar surface area (TPSA) is 3.24 Å². The van der Waals surface area contributed by atoms with E-state index in [1.807, 2.05) is 11.3 Å². The molecule has 1 nitrogen and oxygen atoms in total. The minimum absolute atomic E-state index is 0.860. The Morgan fingerprint density at radius 3 is 2.57 bits per heavy atom. The Morgan fingerprint density at radius 2 is 2.07 bits per heavy atom. The summed E-state index contributed by atoms with van der Waals surface area (Å²) in [6.07, 6.45) is 0. The molecule has 0 radical (unpaired) electrons. The van der Waals surface area contributed by atoms with Gasteiger partial charge in [-0.15, -0.1) is 11.3 Å². The zero-order valence-electron chi connectivity index (χ0n) is 8.66. The van der Waals surface area contributed by atoms with Crippen molar-refractivity contribution in [2.75, 3.05) is 13.1 Å². The number of likely N-dealkylation sites (tertiary alicyclic amines) is 1. The molecule has 2 atom stereocenters. The Morgan fingerprint density at radius 1 is 1.43 bits per heavy atom. The maximum atomic E-state index is 3.50. The second kappa shape index (κ2) is 4.33. The molecule has 0 N–H and O–H groups in total. The molecular formula is C11H16BrNS. The molecule has 14 heavy (non-hydrogen) atoms. The van der Waals surface area contributed by atoms with E-state index < -0.39 is 0 Å². The maximum Gasteiger partial charge on any atom is 0.0328 e. The van der Waals surface area contributed by atoms with Crippen LogP contribution in [0.1, 0.15) is 18.7 Å². The fourth-order valence-corrected chi connectivity index (χ4v) is 3.53. The molecule has 0 aromatic carbocycles. The molecule has 2 heterocycles. The van der Waals surface area contributed by atoms with Gasteiger partial charge >= 0.3 is 0 Å². The summed E-state index contributed by atoms with van der Waals surface area (Å²) in [5, 5.41) is 2.16. The first kappa shape index (κ1) is 10.7. The van der Waals surface area contributed by atoms with Gasteiger partial charge in [-0.1, -0.05) is 13.8 Å². The lowest BCUT2D eigenvalue weighted by atomic mass is 10.0. The van der Waals surface area contributed by atoms with Gasteiger partial charge in [-0.25, -0.2) is 0 Å². The summed E-state index contributed by atoms with van der Waals surface area (Å²) in [5.41, 5.74) is 0. The monoisotopic (exact) mass is 273 g/mol. The van der Waals surface area contributed by atoms with E-state index in [-0.39, 0.29) is 0 Å². The normalized spacial score (nSPS) is 28.5. The van der Waals surface area contributed by atoms with Crippen LogP contribution in [-0.4, -0.2) is 18.0 Å². The molecule has 2 unspecified atom stereocenters. The molecule has 1 aromatic rings. The number of hydrogen-bond acceptors (Lipinski definition) is 2. The van der Waals surface area contributed by atoms with E-state index in [1.54, 1.807) is 0 Å². The molecule has 78 valence electrons. The lowest BCUT2D eigenvalue weighted by Crippen LogP contribution is -2.19. The van der Waals surface area contributed by atoms with Gasteiger partial charge in [0.2, 0.25) is 0 Å². The van der Waals surface area contributed by atoms with Crippen LogP contribution in [0, 0.1) is 11.8 Å². The van der Waals surface area contributed by atoms with Gasteiger partial charge < -0.3 is 0 Å². The Labute approximate surface area is 98.2 Å². The standard InChI is InChI=1S/C11H16BrNS/c1-8-4-13(5-9(8)2)6-11-3-10(12)7-14-11/h3,7-9H,4-6H2,1-2H3. The fraction of sp³-hybridized carbons (Fsp3) is 0.636. The van der Waals surface area contributed by atoms with Crippen LogP contribution in [0.5, 0.6) is 0 Å². The first-order chi connectivity index (χ1) is 6.65. The van der Waals surface area contributed by atoms with E-state index in [1.165, 1.54) is 22.4 Å². The molecule has 0 bridgehead atoms. The fourth-order valence-electron chi connectivity index (χ4n) is 2.04. The van der Waals surface area contributed by atoms with Gasteiger partial charge in [-0.05, 0) is 33.8 Å². The number of halogens is 1. The molecular weight excluding hydrogens is 258 g/mol. The lowest BCUT2D eigenvalue weighted by Gasteiger charge is -2.13. The van der Waals surface area contributed by atoms with Gasteiger partial charge in [0.25, 0.3) is 0 Å². The Hall–Kier alpha value is 0.140. The van der Waals surface area contributed by atoms with Gasteiger partial charge in [0, 0.05) is 34.4 Å². The van der Waals surface area contributed by atoms with E-state index in [9.17, 15) is 0 Å². The minimum Gasteiger partial charge on any atom is -0.298 e. The van der Waals surface area contributed by atoms with Gasteiger partial charge in [0.15, 0.2) is 0 Å². The third-order valence-electron chi connectivity index (χ3n) is 3.06. The molecule has 0 aliphatic carbocycles. The SMILES string of the molecule is CC1CN(Cc2cc(Br)cs2)CC1C. The first-order valence-electron chi connectivity index (χ1n) is 5.10. The highest BCUT2D eigenvalue weighted by Crippen LogP contribution is 2.26. The molecule has 2 rings (SSSR count). The number of hydrogen-bond donors (Lipinski definition) is 0. The van der Waals surface area contributed by atoms with Crippen molar-refractivity contribution in [2.45, 2.75) is 20.4 Å². The highest BCUT2D eigenvalue weighted by Gasteiger charge is 2.25. The number of thiophene rings is 1. The number of nitrogens with zero attached hydrogens (tertiary/aromatic N) is 1. The third kappa shape index (κ3) is 2.38. The molecule has 0 amide bonds. The molecule has 1 aliphatic rings.